The van der Waals surface area contributed by atoms with E-state index >= 15 is 0 Å². The number of aryl methyl sites for hydroxylation is 2. The SMILES string of the molecule is Cc1ccc(Oc2ccc(CNCCO)cc2)c(C)c1. The predicted molar refractivity (Wildman–Crippen MR) is 81.2 cm³/mol. The summed E-state index contributed by atoms with van der Waals surface area (Å²) in [5, 5.41) is 11.9. The predicted octanol–water partition coefficient (Wildman–Crippen LogP) is 3.18. The number of aliphatic hydroxyl groups excluding tert-OH is 1. The van der Waals surface area contributed by atoms with Gasteiger partial charge in [-0.2, -0.15) is 0 Å². The molecule has 0 unspecified atom stereocenters. The molecule has 2 aromatic carbocycles. The molecule has 0 saturated carbocycles. The Labute approximate surface area is 120 Å². The zero-order valence-corrected chi connectivity index (χ0v) is 12.0. The number of hydrogen-bond acceptors (Lipinski definition) is 3. The monoisotopic (exact) mass is 271 g/mol. The molecule has 106 valence electrons. The third-order valence-electron chi connectivity index (χ3n) is 3.10. The lowest BCUT2D eigenvalue weighted by atomic mass is 10.1. The van der Waals surface area contributed by atoms with Gasteiger partial charge in [0.1, 0.15) is 11.5 Å². The summed E-state index contributed by atoms with van der Waals surface area (Å²) in [6.07, 6.45) is 0. The summed E-state index contributed by atoms with van der Waals surface area (Å²) in [5.74, 6) is 1.73. The lowest BCUT2D eigenvalue weighted by Crippen LogP contribution is -2.17. The van der Waals surface area contributed by atoms with Crippen molar-refractivity contribution in [3.05, 3.63) is 59.2 Å². The Morgan fingerprint density at radius 2 is 1.80 bits per heavy atom. The number of rotatable bonds is 6. The summed E-state index contributed by atoms with van der Waals surface area (Å²) in [5.41, 5.74) is 3.55. The van der Waals surface area contributed by atoms with E-state index in [1.807, 2.05) is 30.3 Å². The van der Waals surface area contributed by atoms with Crippen LogP contribution in [-0.2, 0) is 6.54 Å². The highest BCUT2D eigenvalue weighted by Gasteiger charge is 2.02. The van der Waals surface area contributed by atoms with Crippen LogP contribution in [0.2, 0.25) is 0 Å². The van der Waals surface area contributed by atoms with Gasteiger partial charge in [0.05, 0.1) is 6.61 Å². The van der Waals surface area contributed by atoms with Crippen molar-refractivity contribution in [1.82, 2.24) is 5.32 Å². The summed E-state index contributed by atoms with van der Waals surface area (Å²) in [6, 6.07) is 14.2. The minimum absolute atomic E-state index is 0.161. The molecule has 0 aliphatic carbocycles. The molecule has 20 heavy (non-hydrogen) atoms. The second-order valence-electron chi connectivity index (χ2n) is 4.92. The highest BCUT2D eigenvalue weighted by molar-refractivity contribution is 5.39. The number of nitrogens with one attached hydrogen (secondary N) is 1. The molecule has 3 heteroatoms. The fraction of sp³-hybridized carbons (Fsp3) is 0.294. The molecule has 0 saturated heterocycles. The second-order valence-corrected chi connectivity index (χ2v) is 4.92. The molecule has 0 aliphatic rings. The minimum Gasteiger partial charge on any atom is -0.457 e. The first-order chi connectivity index (χ1) is 9.69. The zero-order chi connectivity index (χ0) is 14.4. The van der Waals surface area contributed by atoms with Crippen LogP contribution in [0.4, 0.5) is 0 Å². The van der Waals surface area contributed by atoms with E-state index in [9.17, 15) is 0 Å². The molecule has 0 aromatic heterocycles. The summed E-state index contributed by atoms with van der Waals surface area (Å²) in [4.78, 5) is 0. The van der Waals surface area contributed by atoms with Crippen LogP contribution in [0.3, 0.4) is 0 Å². The molecular weight excluding hydrogens is 250 g/mol. The Kier molecular flexibility index (Phi) is 5.16. The van der Waals surface area contributed by atoms with Gasteiger partial charge in [-0.15, -0.1) is 0 Å². The van der Waals surface area contributed by atoms with Gasteiger partial charge in [-0.1, -0.05) is 29.8 Å². The summed E-state index contributed by atoms with van der Waals surface area (Å²) in [6.45, 7) is 5.65. The molecule has 0 fully saturated rings. The Balaban J connectivity index is 1.99. The zero-order valence-electron chi connectivity index (χ0n) is 12.0. The van der Waals surface area contributed by atoms with Gasteiger partial charge in [0.25, 0.3) is 0 Å². The van der Waals surface area contributed by atoms with E-state index in [4.69, 9.17) is 9.84 Å². The van der Waals surface area contributed by atoms with Gasteiger partial charge in [0, 0.05) is 13.1 Å². The van der Waals surface area contributed by atoms with Crippen LogP contribution in [0, 0.1) is 13.8 Å². The van der Waals surface area contributed by atoms with E-state index in [-0.39, 0.29) is 6.61 Å². The quantitative estimate of drug-likeness (QED) is 0.793. The van der Waals surface area contributed by atoms with E-state index in [0.29, 0.717) is 6.54 Å². The average Bonchev–Trinajstić information content (AvgIpc) is 2.44. The molecule has 2 aromatic rings. The maximum atomic E-state index is 8.72. The Morgan fingerprint density at radius 1 is 1.05 bits per heavy atom. The van der Waals surface area contributed by atoms with Gasteiger partial charge in [0.15, 0.2) is 0 Å². The summed E-state index contributed by atoms with van der Waals surface area (Å²) >= 11 is 0. The Hall–Kier alpha value is -1.84. The number of benzene rings is 2. The Morgan fingerprint density at radius 3 is 2.45 bits per heavy atom. The van der Waals surface area contributed by atoms with E-state index in [1.54, 1.807) is 0 Å². The topological polar surface area (TPSA) is 41.5 Å². The van der Waals surface area contributed by atoms with Gasteiger partial charge in [-0.3, -0.25) is 0 Å². The van der Waals surface area contributed by atoms with Crippen molar-refractivity contribution in [3.8, 4) is 11.5 Å². The van der Waals surface area contributed by atoms with Crippen LogP contribution >= 0.6 is 0 Å². The van der Waals surface area contributed by atoms with Crippen molar-refractivity contribution >= 4 is 0 Å². The van der Waals surface area contributed by atoms with Crippen LogP contribution < -0.4 is 10.1 Å². The smallest absolute Gasteiger partial charge is 0.130 e. The fourth-order valence-electron chi connectivity index (χ4n) is 2.03. The van der Waals surface area contributed by atoms with Crippen molar-refractivity contribution < 1.29 is 9.84 Å². The standard InChI is InChI=1S/C17H21NO2/c1-13-3-8-17(14(2)11-13)20-16-6-4-15(5-7-16)12-18-9-10-19/h3-8,11,18-19H,9-10,12H2,1-2H3. The molecule has 3 nitrogen and oxygen atoms in total. The lowest BCUT2D eigenvalue weighted by Gasteiger charge is -2.10. The number of aliphatic hydroxyl groups is 1. The first-order valence-corrected chi connectivity index (χ1v) is 6.84. The molecule has 0 radical (unpaired) electrons. The molecule has 2 N–H and O–H groups in total. The summed E-state index contributed by atoms with van der Waals surface area (Å²) < 4.78 is 5.88. The number of ether oxygens (including phenoxy) is 1. The molecule has 0 amide bonds. The summed E-state index contributed by atoms with van der Waals surface area (Å²) in [7, 11) is 0. The first kappa shape index (κ1) is 14.6. The molecule has 0 spiro atoms. The third-order valence-corrected chi connectivity index (χ3v) is 3.10. The van der Waals surface area contributed by atoms with E-state index < -0.39 is 0 Å². The van der Waals surface area contributed by atoms with Gasteiger partial charge < -0.3 is 15.2 Å². The van der Waals surface area contributed by atoms with E-state index in [0.717, 1.165) is 23.6 Å². The van der Waals surface area contributed by atoms with Crippen LogP contribution in [0.1, 0.15) is 16.7 Å². The van der Waals surface area contributed by atoms with Crippen molar-refractivity contribution in [1.29, 1.82) is 0 Å². The largest absolute Gasteiger partial charge is 0.457 e. The van der Waals surface area contributed by atoms with Crippen LogP contribution in [0.25, 0.3) is 0 Å². The molecule has 2 rings (SSSR count). The highest BCUT2D eigenvalue weighted by atomic mass is 16.5. The molecular formula is C17H21NO2. The maximum Gasteiger partial charge on any atom is 0.130 e. The maximum absolute atomic E-state index is 8.72. The normalized spacial score (nSPS) is 10.6. The first-order valence-electron chi connectivity index (χ1n) is 6.84. The van der Waals surface area contributed by atoms with Gasteiger partial charge in [0.2, 0.25) is 0 Å². The molecule has 0 bridgehead atoms. The van der Waals surface area contributed by atoms with Gasteiger partial charge in [-0.05, 0) is 43.2 Å². The van der Waals surface area contributed by atoms with Crippen molar-refractivity contribution in [2.45, 2.75) is 20.4 Å². The van der Waals surface area contributed by atoms with Gasteiger partial charge in [-0.25, -0.2) is 0 Å². The van der Waals surface area contributed by atoms with Crippen molar-refractivity contribution in [3.63, 3.8) is 0 Å². The average molecular weight is 271 g/mol. The molecule has 0 heterocycles. The van der Waals surface area contributed by atoms with Crippen molar-refractivity contribution in [2.75, 3.05) is 13.2 Å². The minimum atomic E-state index is 0.161. The molecule has 0 atom stereocenters. The number of hydrogen-bond donors (Lipinski definition) is 2. The van der Waals surface area contributed by atoms with Crippen LogP contribution in [0.15, 0.2) is 42.5 Å². The van der Waals surface area contributed by atoms with E-state index in [2.05, 4.69) is 31.3 Å². The molecule has 0 aliphatic heterocycles. The fourth-order valence-corrected chi connectivity index (χ4v) is 2.03. The Bertz CT molecular complexity index is 549. The third kappa shape index (κ3) is 4.08. The highest BCUT2D eigenvalue weighted by Crippen LogP contribution is 2.25. The lowest BCUT2D eigenvalue weighted by molar-refractivity contribution is 0.292. The van der Waals surface area contributed by atoms with E-state index in [1.165, 1.54) is 11.1 Å². The van der Waals surface area contributed by atoms with Crippen molar-refractivity contribution in [2.24, 2.45) is 0 Å². The second kappa shape index (κ2) is 7.08. The van der Waals surface area contributed by atoms with Crippen LogP contribution in [-0.4, -0.2) is 18.3 Å². The van der Waals surface area contributed by atoms with Crippen LogP contribution in [0.5, 0.6) is 11.5 Å². The van der Waals surface area contributed by atoms with Gasteiger partial charge >= 0.3 is 0 Å².